The van der Waals surface area contributed by atoms with Crippen molar-refractivity contribution in [2.45, 2.75) is 105 Å². The van der Waals surface area contributed by atoms with E-state index in [-0.39, 0.29) is 29.9 Å². The molecule has 0 fully saturated rings. The van der Waals surface area contributed by atoms with E-state index in [4.69, 9.17) is 38.9 Å². The van der Waals surface area contributed by atoms with Gasteiger partial charge in [0.25, 0.3) is 0 Å². The SMILES string of the molecule is CC(C)OC(=O)Oc1ccc(C[C@H](N)C(=O)O[C@@H](C)[C@H](C)OC(=O)OC(C)C(C)C)cc1OC(=O)OC(C)C. The molecule has 0 amide bonds. The number of ether oxygens (including phenoxy) is 7. The van der Waals surface area contributed by atoms with Crippen molar-refractivity contribution in [3.63, 3.8) is 0 Å². The Labute approximate surface area is 229 Å². The fraction of sp³-hybridized carbons (Fsp3) is 0.630. The van der Waals surface area contributed by atoms with Gasteiger partial charge >= 0.3 is 24.4 Å². The number of hydrogen-bond donors (Lipinski definition) is 1. The average molecular weight is 556 g/mol. The van der Waals surface area contributed by atoms with Crippen molar-refractivity contribution >= 4 is 24.4 Å². The monoisotopic (exact) mass is 555 g/mol. The molecule has 12 heteroatoms. The highest BCUT2D eigenvalue weighted by Crippen LogP contribution is 2.30. The summed E-state index contributed by atoms with van der Waals surface area (Å²) in [7, 11) is 0. The van der Waals surface area contributed by atoms with Gasteiger partial charge in [-0.3, -0.25) is 4.79 Å². The standard InChI is InChI=1S/C27H41NO11/c1-14(2)17(7)36-27(32)37-19(9)18(8)35-24(29)21(28)12-20-10-11-22(38-25(30)33-15(3)4)23(13-20)39-26(31)34-16(5)6/h10-11,13-19,21H,12,28H2,1-9H3/t17?,18-,19-,21-/m0/s1. The van der Waals surface area contributed by atoms with Crippen LogP contribution in [0, 0.1) is 5.92 Å². The molecule has 0 saturated heterocycles. The van der Waals surface area contributed by atoms with E-state index in [9.17, 15) is 19.2 Å². The third-order valence-electron chi connectivity index (χ3n) is 5.28. The summed E-state index contributed by atoms with van der Waals surface area (Å²) in [6.07, 6.45) is -5.70. The van der Waals surface area contributed by atoms with Gasteiger partial charge in [-0.2, -0.15) is 0 Å². The van der Waals surface area contributed by atoms with E-state index in [1.165, 1.54) is 18.2 Å². The Kier molecular flexibility index (Phi) is 13.5. The highest BCUT2D eigenvalue weighted by atomic mass is 16.8. The van der Waals surface area contributed by atoms with Gasteiger partial charge in [-0.25, -0.2) is 14.4 Å². The lowest BCUT2D eigenvalue weighted by atomic mass is 10.1. The maximum atomic E-state index is 12.6. The van der Waals surface area contributed by atoms with E-state index in [2.05, 4.69) is 0 Å². The molecule has 1 aromatic rings. The molecule has 0 aliphatic rings. The van der Waals surface area contributed by atoms with E-state index in [1.54, 1.807) is 48.5 Å². The summed E-state index contributed by atoms with van der Waals surface area (Å²) in [5.74, 6) is -0.866. The van der Waals surface area contributed by atoms with Crippen LogP contribution in [0.3, 0.4) is 0 Å². The third kappa shape index (κ3) is 12.7. The Morgan fingerprint density at radius 2 is 1.13 bits per heavy atom. The second-order valence-corrected chi connectivity index (χ2v) is 9.91. The molecule has 1 rings (SSSR count). The number of carbonyl (C=O) groups is 4. The Balaban J connectivity index is 2.88. The van der Waals surface area contributed by atoms with Crippen LogP contribution in [0.2, 0.25) is 0 Å². The predicted molar refractivity (Wildman–Crippen MR) is 139 cm³/mol. The minimum absolute atomic E-state index is 0.0129. The summed E-state index contributed by atoms with van der Waals surface area (Å²) < 4.78 is 36.0. The lowest BCUT2D eigenvalue weighted by Crippen LogP contribution is -2.39. The van der Waals surface area contributed by atoms with Gasteiger partial charge in [-0.15, -0.1) is 0 Å². The summed E-state index contributed by atoms with van der Waals surface area (Å²) in [5, 5.41) is 0. The lowest BCUT2D eigenvalue weighted by molar-refractivity contribution is -0.155. The third-order valence-corrected chi connectivity index (χ3v) is 5.28. The molecule has 2 N–H and O–H groups in total. The first kappa shape index (κ1) is 33.5. The van der Waals surface area contributed by atoms with E-state index < -0.39 is 54.9 Å². The van der Waals surface area contributed by atoms with E-state index in [1.807, 2.05) is 13.8 Å². The van der Waals surface area contributed by atoms with Crippen molar-refractivity contribution in [3.05, 3.63) is 23.8 Å². The Morgan fingerprint density at radius 1 is 0.641 bits per heavy atom. The lowest BCUT2D eigenvalue weighted by Gasteiger charge is -2.23. The number of nitrogens with two attached hydrogens (primary N) is 1. The van der Waals surface area contributed by atoms with Crippen molar-refractivity contribution in [1.29, 1.82) is 0 Å². The second kappa shape index (κ2) is 15.8. The first-order valence-electron chi connectivity index (χ1n) is 12.8. The molecule has 12 nitrogen and oxygen atoms in total. The highest BCUT2D eigenvalue weighted by molar-refractivity contribution is 5.76. The summed E-state index contributed by atoms with van der Waals surface area (Å²) >= 11 is 0. The van der Waals surface area contributed by atoms with Crippen LogP contribution >= 0.6 is 0 Å². The molecule has 0 radical (unpaired) electrons. The molecular formula is C27H41NO11. The van der Waals surface area contributed by atoms with Gasteiger partial charge in [0.15, 0.2) is 11.5 Å². The summed E-state index contributed by atoms with van der Waals surface area (Å²) in [6, 6.07) is 3.18. The first-order valence-corrected chi connectivity index (χ1v) is 12.8. The molecule has 0 spiro atoms. The van der Waals surface area contributed by atoms with Crippen LogP contribution in [0.15, 0.2) is 18.2 Å². The van der Waals surface area contributed by atoms with Crippen LogP contribution < -0.4 is 15.2 Å². The molecular weight excluding hydrogens is 514 g/mol. The number of hydrogen-bond acceptors (Lipinski definition) is 12. The Morgan fingerprint density at radius 3 is 1.64 bits per heavy atom. The van der Waals surface area contributed by atoms with Crippen LogP contribution in [0.1, 0.15) is 67.9 Å². The van der Waals surface area contributed by atoms with Crippen LogP contribution in [0.4, 0.5) is 14.4 Å². The Bertz CT molecular complexity index is 976. The van der Waals surface area contributed by atoms with Crippen molar-refractivity contribution in [2.24, 2.45) is 11.7 Å². The maximum absolute atomic E-state index is 12.6. The van der Waals surface area contributed by atoms with Gasteiger partial charge in [0.05, 0.1) is 12.2 Å². The van der Waals surface area contributed by atoms with Crippen molar-refractivity contribution in [2.75, 3.05) is 0 Å². The molecule has 1 unspecified atom stereocenters. The van der Waals surface area contributed by atoms with Gasteiger partial charge in [0.2, 0.25) is 0 Å². The fourth-order valence-corrected chi connectivity index (χ4v) is 2.72. The number of esters is 1. The van der Waals surface area contributed by atoms with Crippen LogP contribution in [0.5, 0.6) is 11.5 Å². The molecule has 4 atom stereocenters. The van der Waals surface area contributed by atoms with Crippen LogP contribution in [-0.2, 0) is 34.9 Å². The van der Waals surface area contributed by atoms with Crippen LogP contribution in [-0.4, -0.2) is 61.0 Å². The van der Waals surface area contributed by atoms with E-state index >= 15 is 0 Å². The molecule has 0 aliphatic carbocycles. The highest BCUT2D eigenvalue weighted by Gasteiger charge is 2.26. The van der Waals surface area contributed by atoms with Crippen molar-refractivity contribution < 1.29 is 52.3 Å². The van der Waals surface area contributed by atoms with Gasteiger partial charge in [-0.05, 0) is 78.5 Å². The zero-order valence-corrected chi connectivity index (χ0v) is 24.0. The van der Waals surface area contributed by atoms with Crippen molar-refractivity contribution in [3.8, 4) is 11.5 Å². The van der Waals surface area contributed by atoms with Crippen LogP contribution in [0.25, 0.3) is 0 Å². The molecule has 220 valence electrons. The zero-order chi connectivity index (χ0) is 29.9. The number of rotatable bonds is 12. The molecule has 0 saturated carbocycles. The minimum atomic E-state index is -1.11. The summed E-state index contributed by atoms with van der Waals surface area (Å²) in [6.45, 7) is 15.3. The molecule has 0 aromatic heterocycles. The molecule has 0 bridgehead atoms. The largest absolute Gasteiger partial charge is 0.514 e. The van der Waals surface area contributed by atoms with Gasteiger partial charge in [-0.1, -0.05) is 19.9 Å². The quantitative estimate of drug-likeness (QED) is 0.211. The van der Waals surface area contributed by atoms with E-state index in [0.29, 0.717) is 5.56 Å². The molecule has 1 aromatic carbocycles. The molecule has 39 heavy (non-hydrogen) atoms. The maximum Gasteiger partial charge on any atom is 0.514 e. The molecule has 0 aliphatic heterocycles. The van der Waals surface area contributed by atoms with Gasteiger partial charge < -0.3 is 38.9 Å². The Hall–Kier alpha value is -3.54. The first-order chi connectivity index (χ1) is 18.1. The normalized spacial score (nSPS) is 14.2. The topological polar surface area (TPSA) is 159 Å². The fourth-order valence-electron chi connectivity index (χ4n) is 2.72. The van der Waals surface area contributed by atoms with Gasteiger partial charge in [0, 0.05) is 0 Å². The number of carbonyl (C=O) groups excluding carboxylic acids is 4. The van der Waals surface area contributed by atoms with Crippen molar-refractivity contribution in [1.82, 2.24) is 0 Å². The molecule has 0 heterocycles. The van der Waals surface area contributed by atoms with E-state index in [0.717, 1.165) is 0 Å². The average Bonchev–Trinajstić information content (AvgIpc) is 2.79. The number of benzene rings is 1. The zero-order valence-electron chi connectivity index (χ0n) is 24.0. The minimum Gasteiger partial charge on any atom is -0.458 e. The summed E-state index contributed by atoms with van der Waals surface area (Å²) in [5.41, 5.74) is 6.52. The van der Waals surface area contributed by atoms with Gasteiger partial charge in [0.1, 0.15) is 24.4 Å². The second-order valence-electron chi connectivity index (χ2n) is 9.91. The smallest absolute Gasteiger partial charge is 0.458 e. The summed E-state index contributed by atoms with van der Waals surface area (Å²) in [4.78, 5) is 48.6. The predicted octanol–water partition coefficient (Wildman–Crippen LogP) is 4.92.